The van der Waals surface area contributed by atoms with Crippen LogP contribution in [-0.4, -0.2) is 24.2 Å². The van der Waals surface area contributed by atoms with Gasteiger partial charge < -0.3 is 13.9 Å². The molecular formula is C37H53NO5. The number of carbonyl (C=O) groups is 1. The predicted molar refractivity (Wildman–Crippen MR) is 175 cm³/mol. The number of rotatable bonds is 17. The fourth-order valence-electron chi connectivity index (χ4n) is 5.47. The Kier molecular flexibility index (Phi) is 12.8. The molecule has 1 unspecified atom stereocenters. The number of carbonyl (C=O) groups excluding carboxylic acids is 1. The number of nitrogens with zero attached hydrogens (tertiary/aromatic N) is 1. The smallest absolute Gasteiger partial charge is 0.345 e. The molecule has 0 N–H and O–H groups in total. The van der Waals surface area contributed by atoms with E-state index in [1.165, 1.54) is 32.1 Å². The summed E-state index contributed by atoms with van der Waals surface area (Å²) in [7, 11) is 0. The molecule has 0 aliphatic rings. The van der Waals surface area contributed by atoms with Crippen molar-refractivity contribution in [3.05, 3.63) is 58.4 Å². The quantitative estimate of drug-likeness (QED) is 0.115. The molecule has 0 fully saturated rings. The highest BCUT2D eigenvalue weighted by Crippen LogP contribution is 2.37. The van der Waals surface area contributed by atoms with Crippen LogP contribution in [0.25, 0.3) is 22.2 Å². The van der Waals surface area contributed by atoms with E-state index in [0.717, 1.165) is 48.6 Å². The molecule has 3 rings (SSSR count). The van der Waals surface area contributed by atoms with Gasteiger partial charge in [0.1, 0.15) is 0 Å². The van der Waals surface area contributed by atoms with E-state index in [0.29, 0.717) is 30.4 Å². The molecule has 236 valence electrons. The Morgan fingerprint density at radius 1 is 0.837 bits per heavy atom. The maximum atomic E-state index is 12.6. The van der Waals surface area contributed by atoms with Gasteiger partial charge in [0.15, 0.2) is 0 Å². The van der Waals surface area contributed by atoms with E-state index in [2.05, 4.69) is 32.7 Å². The minimum atomic E-state index is -0.450. The van der Waals surface area contributed by atoms with Crippen LogP contribution >= 0.6 is 0 Å². The summed E-state index contributed by atoms with van der Waals surface area (Å²) in [5.41, 5.74) is 2.10. The number of unbranched alkanes of at least 4 members (excludes halogenated alkanes) is 8. The molecule has 0 saturated heterocycles. The van der Waals surface area contributed by atoms with Crippen molar-refractivity contribution in [2.75, 3.05) is 13.2 Å². The molecule has 0 aliphatic heterocycles. The number of ether oxygens (including phenoxy) is 2. The first kappa shape index (κ1) is 34.3. The fraction of sp³-hybridized carbons (Fsp3) is 0.595. The van der Waals surface area contributed by atoms with Gasteiger partial charge in [-0.2, -0.15) is 4.98 Å². The Labute approximate surface area is 258 Å². The van der Waals surface area contributed by atoms with Crippen molar-refractivity contribution < 1.29 is 18.7 Å². The second-order valence-corrected chi connectivity index (χ2v) is 13.9. The Balaban J connectivity index is 1.24. The third-order valence-electron chi connectivity index (χ3n) is 8.46. The van der Waals surface area contributed by atoms with Gasteiger partial charge in [0.05, 0.1) is 24.2 Å². The zero-order chi connectivity index (χ0) is 31.5. The third kappa shape index (κ3) is 10.8. The lowest BCUT2D eigenvalue weighted by atomic mass is 9.72. The third-order valence-corrected chi connectivity index (χ3v) is 8.46. The largest absolute Gasteiger partial charge is 0.478 e. The van der Waals surface area contributed by atoms with Crippen molar-refractivity contribution in [1.29, 1.82) is 0 Å². The highest BCUT2D eigenvalue weighted by molar-refractivity contribution is 5.80. The molecule has 6 nitrogen and oxygen atoms in total. The maximum Gasteiger partial charge on any atom is 0.345 e. The molecule has 0 amide bonds. The zero-order valence-electron chi connectivity index (χ0n) is 27.6. The lowest BCUT2D eigenvalue weighted by molar-refractivity contribution is -0.157. The summed E-state index contributed by atoms with van der Waals surface area (Å²) in [6, 6.07) is 13.3. The van der Waals surface area contributed by atoms with Gasteiger partial charge in [-0.1, -0.05) is 96.9 Å². The molecule has 0 spiro atoms. The minimum absolute atomic E-state index is 0.0660. The van der Waals surface area contributed by atoms with E-state index >= 15 is 0 Å². The Morgan fingerprint density at radius 3 is 2.07 bits per heavy atom. The minimum Gasteiger partial charge on any atom is -0.478 e. The van der Waals surface area contributed by atoms with Crippen molar-refractivity contribution in [2.45, 2.75) is 113 Å². The van der Waals surface area contributed by atoms with E-state index in [1.54, 1.807) is 0 Å². The van der Waals surface area contributed by atoms with Gasteiger partial charge in [0, 0.05) is 11.5 Å². The molecule has 3 aromatic rings. The van der Waals surface area contributed by atoms with E-state index in [4.69, 9.17) is 13.9 Å². The lowest BCUT2D eigenvalue weighted by Gasteiger charge is -2.34. The maximum absolute atomic E-state index is 12.6. The first-order valence-corrected chi connectivity index (χ1v) is 16.2. The van der Waals surface area contributed by atoms with Gasteiger partial charge in [-0.3, -0.25) is 4.79 Å². The average Bonchev–Trinajstić information content (AvgIpc) is 2.94. The molecule has 0 aliphatic carbocycles. The molecule has 0 radical (unpaired) electrons. The molecule has 2 aromatic heterocycles. The highest BCUT2D eigenvalue weighted by Gasteiger charge is 2.37. The number of aromatic nitrogens is 1. The second-order valence-electron chi connectivity index (χ2n) is 13.9. The summed E-state index contributed by atoms with van der Waals surface area (Å²) in [6.45, 7) is 15.9. The topological polar surface area (TPSA) is 78.6 Å². The standard InChI is InChI=1S/C37H53NO5/c1-27-19-15-16-20-30(27)31-25-29-21-22-32(38-33(29)43-34(31)39)41-23-17-13-11-9-8-10-12-14-18-24-42-35(40)37(6,7)28(2)26-36(3,4)5/h15-16,19-22,25,28H,8-14,17-18,23-24,26H2,1-7H3. The van der Waals surface area contributed by atoms with Gasteiger partial charge in [-0.15, -0.1) is 0 Å². The van der Waals surface area contributed by atoms with Gasteiger partial charge in [-0.05, 0) is 74.6 Å². The fourth-order valence-corrected chi connectivity index (χ4v) is 5.47. The Hall–Kier alpha value is -3.15. The predicted octanol–water partition coefficient (Wildman–Crippen LogP) is 9.69. The van der Waals surface area contributed by atoms with Gasteiger partial charge >= 0.3 is 11.6 Å². The SMILES string of the molecule is Cc1ccccc1-c1cc2ccc(OCCCCCCCCCCCOC(=O)C(C)(C)C(C)CC(C)(C)C)nc2oc1=O. The zero-order valence-corrected chi connectivity index (χ0v) is 27.6. The Bertz CT molecular complexity index is 1370. The summed E-state index contributed by atoms with van der Waals surface area (Å²) in [5.74, 6) is 0.696. The molecule has 1 aromatic carbocycles. The van der Waals surface area contributed by atoms with Crippen LogP contribution in [0.2, 0.25) is 0 Å². The lowest BCUT2D eigenvalue weighted by Crippen LogP contribution is -2.35. The van der Waals surface area contributed by atoms with Crippen molar-refractivity contribution in [3.63, 3.8) is 0 Å². The van der Waals surface area contributed by atoms with Gasteiger partial charge in [0.25, 0.3) is 0 Å². The van der Waals surface area contributed by atoms with Crippen molar-refractivity contribution in [1.82, 2.24) is 4.98 Å². The monoisotopic (exact) mass is 591 g/mol. The van der Waals surface area contributed by atoms with Crippen LogP contribution in [-0.2, 0) is 9.53 Å². The summed E-state index contributed by atoms with van der Waals surface area (Å²) in [5, 5.41) is 0.774. The molecule has 43 heavy (non-hydrogen) atoms. The van der Waals surface area contributed by atoms with E-state index < -0.39 is 11.0 Å². The Morgan fingerprint density at radius 2 is 1.44 bits per heavy atom. The molecule has 2 heterocycles. The highest BCUT2D eigenvalue weighted by atomic mass is 16.5. The van der Waals surface area contributed by atoms with Crippen LogP contribution in [0.4, 0.5) is 0 Å². The summed E-state index contributed by atoms with van der Waals surface area (Å²) in [4.78, 5) is 29.7. The first-order valence-electron chi connectivity index (χ1n) is 16.2. The molecule has 1 atom stereocenters. The van der Waals surface area contributed by atoms with Crippen LogP contribution in [0.5, 0.6) is 5.88 Å². The van der Waals surface area contributed by atoms with Gasteiger partial charge in [-0.25, -0.2) is 4.79 Å². The average molecular weight is 592 g/mol. The number of benzene rings is 1. The number of esters is 1. The van der Waals surface area contributed by atoms with E-state index in [1.807, 2.05) is 63.2 Å². The molecule has 6 heteroatoms. The number of pyridine rings is 1. The normalized spacial score (nSPS) is 12.8. The number of hydrogen-bond acceptors (Lipinski definition) is 6. The van der Waals surface area contributed by atoms with Crippen molar-refractivity contribution >= 4 is 17.1 Å². The number of fused-ring (bicyclic) bond motifs is 1. The summed E-state index contributed by atoms with van der Waals surface area (Å²) >= 11 is 0. The summed E-state index contributed by atoms with van der Waals surface area (Å²) in [6.07, 6.45) is 11.2. The van der Waals surface area contributed by atoms with E-state index in [9.17, 15) is 9.59 Å². The van der Waals surface area contributed by atoms with Crippen LogP contribution in [0.15, 0.2) is 51.7 Å². The van der Waals surface area contributed by atoms with Crippen molar-refractivity contribution in [2.24, 2.45) is 16.7 Å². The number of hydrogen-bond donors (Lipinski definition) is 0. The molecule has 0 bridgehead atoms. The van der Waals surface area contributed by atoms with Crippen molar-refractivity contribution in [3.8, 4) is 17.0 Å². The summed E-state index contributed by atoms with van der Waals surface area (Å²) < 4.78 is 17.0. The van der Waals surface area contributed by atoms with Crippen LogP contribution in [0.1, 0.15) is 111 Å². The van der Waals surface area contributed by atoms with E-state index in [-0.39, 0.29) is 17.3 Å². The first-order chi connectivity index (χ1) is 20.4. The van der Waals surface area contributed by atoms with Crippen LogP contribution in [0, 0.1) is 23.7 Å². The van der Waals surface area contributed by atoms with Crippen LogP contribution in [0.3, 0.4) is 0 Å². The molecule has 0 saturated carbocycles. The number of aryl methyl sites for hydroxylation is 1. The molecular weight excluding hydrogens is 538 g/mol. The van der Waals surface area contributed by atoms with Crippen LogP contribution < -0.4 is 10.4 Å². The second kappa shape index (κ2) is 16.1. The van der Waals surface area contributed by atoms with Gasteiger partial charge in [0.2, 0.25) is 11.6 Å².